The molecule has 0 aliphatic heterocycles. The van der Waals surface area contributed by atoms with E-state index in [0.717, 1.165) is 12.0 Å². The molecule has 0 saturated heterocycles. The summed E-state index contributed by atoms with van der Waals surface area (Å²) in [6, 6.07) is 6.16. The van der Waals surface area contributed by atoms with Crippen molar-refractivity contribution in [2.75, 3.05) is 26.8 Å². The van der Waals surface area contributed by atoms with E-state index in [0.29, 0.717) is 4.90 Å². The standard InChI is InChI=1S/C16H25N3O5/c1-3-12-4-6-13(7-5-12)8-18-15(23)19(14(22)17-2)9-16(24,10-20)11-21/h4-7,20-21,24H,3,8-11H2,1-2H3,(H,17,22)(H,18,23). The quantitative estimate of drug-likeness (QED) is 0.471. The maximum atomic E-state index is 12.2. The summed E-state index contributed by atoms with van der Waals surface area (Å²) in [7, 11) is 1.34. The lowest BCUT2D eigenvalue weighted by Crippen LogP contribution is -2.56. The monoisotopic (exact) mass is 339 g/mol. The van der Waals surface area contributed by atoms with Gasteiger partial charge < -0.3 is 26.0 Å². The summed E-state index contributed by atoms with van der Waals surface area (Å²) in [5.74, 6) is 0. The van der Waals surface area contributed by atoms with Gasteiger partial charge in [0.05, 0.1) is 19.8 Å². The Morgan fingerprint density at radius 2 is 1.62 bits per heavy atom. The minimum absolute atomic E-state index is 0.201. The second-order valence-corrected chi connectivity index (χ2v) is 5.51. The summed E-state index contributed by atoms with van der Waals surface area (Å²) in [4.78, 5) is 24.8. The summed E-state index contributed by atoms with van der Waals surface area (Å²) in [6.07, 6.45) is 0.915. The normalized spacial score (nSPS) is 11.0. The van der Waals surface area contributed by atoms with Crippen molar-refractivity contribution in [3.8, 4) is 0 Å². The van der Waals surface area contributed by atoms with Crippen molar-refractivity contribution in [3.05, 3.63) is 35.4 Å². The molecule has 0 heterocycles. The molecule has 4 amide bonds. The molecule has 134 valence electrons. The average Bonchev–Trinajstić information content (AvgIpc) is 2.63. The highest BCUT2D eigenvalue weighted by atomic mass is 16.4. The Kier molecular flexibility index (Phi) is 7.63. The van der Waals surface area contributed by atoms with Gasteiger partial charge in [-0.15, -0.1) is 0 Å². The molecule has 8 heteroatoms. The molecule has 1 rings (SSSR count). The van der Waals surface area contributed by atoms with E-state index in [1.807, 2.05) is 31.2 Å². The maximum absolute atomic E-state index is 12.2. The second-order valence-electron chi connectivity index (χ2n) is 5.51. The van der Waals surface area contributed by atoms with Gasteiger partial charge in [0.2, 0.25) is 0 Å². The SMILES string of the molecule is CCc1ccc(CNC(=O)N(CC(O)(CO)CO)C(=O)NC)cc1. The predicted molar refractivity (Wildman–Crippen MR) is 88.3 cm³/mol. The number of hydrogen-bond acceptors (Lipinski definition) is 5. The highest BCUT2D eigenvalue weighted by Crippen LogP contribution is 2.08. The molecular weight excluding hydrogens is 314 g/mol. The number of aryl methyl sites for hydroxylation is 1. The fourth-order valence-corrected chi connectivity index (χ4v) is 1.98. The zero-order valence-corrected chi connectivity index (χ0v) is 14.0. The van der Waals surface area contributed by atoms with Crippen molar-refractivity contribution < 1.29 is 24.9 Å². The minimum atomic E-state index is -1.97. The molecule has 8 nitrogen and oxygen atoms in total. The molecule has 1 aromatic carbocycles. The van der Waals surface area contributed by atoms with Crippen LogP contribution in [0.2, 0.25) is 0 Å². The smallest absolute Gasteiger partial charge is 0.325 e. The summed E-state index contributed by atoms with van der Waals surface area (Å²) >= 11 is 0. The van der Waals surface area contributed by atoms with Crippen LogP contribution in [0.1, 0.15) is 18.1 Å². The average molecular weight is 339 g/mol. The largest absolute Gasteiger partial charge is 0.393 e. The number of aliphatic hydroxyl groups is 3. The van der Waals surface area contributed by atoms with E-state index in [2.05, 4.69) is 10.6 Å². The van der Waals surface area contributed by atoms with Crippen LogP contribution in [-0.4, -0.2) is 64.7 Å². The molecule has 0 saturated carbocycles. The van der Waals surface area contributed by atoms with E-state index in [1.165, 1.54) is 12.6 Å². The van der Waals surface area contributed by atoms with E-state index in [4.69, 9.17) is 10.2 Å². The van der Waals surface area contributed by atoms with E-state index in [-0.39, 0.29) is 6.54 Å². The van der Waals surface area contributed by atoms with Crippen molar-refractivity contribution in [3.63, 3.8) is 0 Å². The number of amides is 4. The number of carbonyl (C=O) groups is 2. The Labute approximate surface area is 141 Å². The molecule has 0 bridgehead atoms. The van der Waals surface area contributed by atoms with Crippen molar-refractivity contribution >= 4 is 12.1 Å². The van der Waals surface area contributed by atoms with Crippen LogP contribution in [0.25, 0.3) is 0 Å². The number of aliphatic hydroxyl groups excluding tert-OH is 2. The van der Waals surface area contributed by atoms with Gasteiger partial charge in [-0.3, -0.25) is 0 Å². The van der Waals surface area contributed by atoms with E-state index in [1.54, 1.807) is 0 Å². The number of hydrogen-bond donors (Lipinski definition) is 5. The molecule has 0 aliphatic carbocycles. The molecular formula is C16H25N3O5. The van der Waals surface area contributed by atoms with Gasteiger partial charge in [-0.2, -0.15) is 0 Å². The third kappa shape index (κ3) is 5.48. The van der Waals surface area contributed by atoms with E-state index >= 15 is 0 Å². The van der Waals surface area contributed by atoms with Gasteiger partial charge in [0, 0.05) is 13.6 Å². The second kappa shape index (κ2) is 9.21. The number of nitrogens with zero attached hydrogens (tertiary/aromatic N) is 1. The summed E-state index contributed by atoms with van der Waals surface area (Å²) in [5, 5.41) is 33.0. The molecule has 0 unspecified atom stereocenters. The van der Waals surface area contributed by atoms with Crippen LogP contribution < -0.4 is 10.6 Å². The van der Waals surface area contributed by atoms with Gasteiger partial charge in [-0.05, 0) is 17.5 Å². The van der Waals surface area contributed by atoms with Crippen LogP contribution in [0.4, 0.5) is 9.59 Å². The molecule has 24 heavy (non-hydrogen) atoms. The summed E-state index contributed by atoms with van der Waals surface area (Å²) in [5.41, 5.74) is 0.0668. The van der Waals surface area contributed by atoms with Crippen LogP contribution in [0.5, 0.6) is 0 Å². The van der Waals surface area contributed by atoms with Gasteiger partial charge in [0.25, 0.3) is 0 Å². The molecule has 1 aromatic rings. The van der Waals surface area contributed by atoms with Gasteiger partial charge in [0.1, 0.15) is 5.60 Å². The lowest BCUT2D eigenvalue weighted by molar-refractivity contribution is -0.0632. The fraction of sp³-hybridized carbons (Fsp3) is 0.500. The number of benzene rings is 1. The summed E-state index contributed by atoms with van der Waals surface area (Å²) < 4.78 is 0. The lowest BCUT2D eigenvalue weighted by atomic mass is 10.1. The molecule has 5 N–H and O–H groups in total. The van der Waals surface area contributed by atoms with Crippen LogP contribution in [0.15, 0.2) is 24.3 Å². The minimum Gasteiger partial charge on any atom is -0.393 e. The van der Waals surface area contributed by atoms with Crippen molar-refractivity contribution in [2.45, 2.75) is 25.5 Å². The Balaban J connectivity index is 2.75. The van der Waals surface area contributed by atoms with Gasteiger partial charge in [-0.1, -0.05) is 31.2 Å². The first-order chi connectivity index (χ1) is 11.4. The molecule has 0 aliphatic rings. The van der Waals surface area contributed by atoms with Crippen molar-refractivity contribution in [1.82, 2.24) is 15.5 Å². The maximum Gasteiger partial charge on any atom is 0.325 e. The number of nitrogens with one attached hydrogen (secondary N) is 2. The Bertz CT molecular complexity index is 543. The number of urea groups is 2. The third-order valence-electron chi connectivity index (χ3n) is 3.62. The number of carbonyl (C=O) groups excluding carboxylic acids is 2. The van der Waals surface area contributed by atoms with Crippen LogP contribution in [0, 0.1) is 0 Å². The Morgan fingerprint density at radius 1 is 1.08 bits per heavy atom. The molecule has 0 aromatic heterocycles. The first-order valence-electron chi connectivity index (χ1n) is 7.68. The zero-order valence-electron chi connectivity index (χ0n) is 14.0. The highest BCUT2D eigenvalue weighted by Gasteiger charge is 2.33. The topological polar surface area (TPSA) is 122 Å². The fourth-order valence-electron chi connectivity index (χ4n) is 1.98. The van der Waals surface area contributed by atoms with Gasteiger partial charge in [0.15, 0.2) is 0 Å². The van der Waals surface area contributed by atoms with Crippen LogP contribution in [0.3, 0.4) is 0 Å². The zero-order chi connectivity index (χ0) is 18.2. The molecule has 0 radical (unpaired) electrons. The van der Waals surface area contributed by atoms with Gasteiger partial charge >= 0.3 is 12.1 Å². The first-order valence-corrected chi connectivity index (χ1v) is 7.68. The molecule has 0 atom stereocenters. The number of imide groups is 1. The Hall–Kier alpha value is -2.16. The van der Waals surface area contributed by atoms with Crippen molar-refractivity contribution in [1.29, 1.82) is 0 Å². The van der Waals surface area contributed by atoms with E-state index in [9.17, 15) is 14.7 Å². The highest BCUT2D eigenvalue weighted by molar-refractivity contribution is 5.93. The number of rotatable bonds is 7. The Morgan fingerprint density at radius 3 is 2.08 bits per heavy atom. The van der Waals surface area contributed by atoms with Crippen LogP contribution >= 0.6 is 0 Å². The lowest BCUT2D eigenvalue weighted by Gasteiger charge is -2.30. The third-order valence-corrected chi connectivity index (χ3v) is 3.62. The predicted octanol–water partition coefficient (Wildman–Crippen LogP) is -0.184. The first kappa shape index (κ1) is 19.9. The molecule has 0 fully saturated rings. The van der Waals surface area contributed by atoms with Gasteiger partial charge in [-0.25, -0.2) is 14.5 Å². The van der Waals surface area contributed by atoms with E-state index < -0.39 is 37.4 Å². The van der Waals surface area contributed by atoms with Crippen molar-refractivity contribution in [2.24, 2.45) is 0 Å². The van der Waals surface area contributed by atoms with Crippen LogP contribution in [-0.2, 0) is 13.0 Å². The molecule has 0 spiro atoms. The summed E-state index contributed by atoms with van der Waals surface area (Å²) in [6.45, 7) is 0.125.